The Kier molecular flexibility index (Phi) is 19.1. The number of hydrogen-bond donors (Lipinski definition) is 0. The zero-order chi connectivity index (χ0) is 28.1. The largest absolute Gasteiger partial charge is 2.00 e. The van der Waals surface area contributed by atoms with Gasteiger partial charge in [0.15, 0.2) is 0 Å². The third-order valence-electron chi connectivity index (χ3n) is 5.65. The molecule has 4 nitrogen and oxygen atoms in total. The van der Waals surface area contributed by atoms with Crippen LogP contribution in [0.25, 0.3) is 0 Å². The van der Waals surface area contributed by atoms with Crippen molar-refractivity contribution in [1.29, 1.82) is 0 Å². The van der Waals surface area contributed by atoms with Crippen LogP contribution in [0.1, 0.15) is 22.3 Å². The summed E-state index contributed by atoms with van der Waals surface area (Å²) in [6.45, 7) is 7.66. The van der Waals surface area contributed by atoms with E-state index in [1.165, 1.54) is 0 Å². The van der Waals surface area contributed by atoms with E-state index in [1.807, 2.05) is 125 Å². The van der Waals surface area contributed by atoms with E-state index in [0.717, 1.165) is 41.8 Å². The van der Waals surface area contributed by atoms with Gasteiger partial charge in [-0.25, -0.2) is 0 Å². The van der Waals surface area contributed by atoms with Crippen molar-refractivity contribution in [2.45, 2.75) is 47.3 Å². The van der Waals surface area contributed by atoms with Crippen LogP contribution in [0, 0.1) is 27.7 Å². The minimum Gasteiger partial charge on any atom is -0.853 e. The molecule has 41 heavy (non-hydrogen) atoms. The summed E-state index contributed by atoms with van der Waals surface area (Å²) in [5.41, 5.74) is -4.01. The Morgan fingerprint density at radius 2 is 0.585 bits per heavy atom. The van der Waals surface area contributed by atoms with Gasteiger partial charge in [0.05, 0.1) is 0 Å². The molecule has 13 heteroatoms. The van der Waals surface area contributed by atoms with Crippen molar-refractivity contribution in [3.8, 4) is 0 Å². The van der Waals surface area contributed by atoms with Crippen LogP contribution in [0.2, 0.25) is 0 Å². The fourth-order valence-corrected chi connectivity index (χ4v) is 15.8. The Labute approximate surface area is 297 Å². The first kappa shape index (κ1) is 41.9. The Balaban J connectivity index is 0.000000727. The van der Waals surface area contributed by atoms with Gasteiger partial charge in [0.2, 0.25) is 0 Å². The van der Waals surface area contributed by atoms with Crippen LogP contribution in [-0.4, -0.2) is 0 Å². The average molecular weight is 815 g/mol. The summed E-state index contributed by atoms with van der Waals surface area (Å²) in [5.74, 6) is 0. The van der Waals surface area contributed by atoms with Gasteiger partial charge in [0.25, 0.3) is 0 Å². The van der Waals surface area contributed by atoms with Crippen LogP contribution in [0.3, 0.4) is 0 Å². The van der Waals surface area contributed by atoms with Gasteiger partial charge in [-0.2, -0.15) is 20.1 Å². The van der Waals surface area contributed by atoms with Crippen LogP contribution in [-0.2, 0) is 103 Å². The molecule has 0 saturated carbocycles. The van der Waals surface area contributed by atoms with Crippen LogP contribution in [0.5, 0.6) is 0 Å². The summed E-state index contributed by atoms with van der Waals surface area (Å²) in [6.07, 6.45) is 0. The van der Waals surface area contributed by atoms with Gasteiger partial charge in [-0.05, 0) is 74.2 Å². The average Bonchev–Trinajstić information content (AvgIpc) is 2.83. The summed E-state index contributed by atoms with van der Waals surface area (Å²) >= 11 is 9.60. The number of aryl methyl sites for hydroxylation is 4. The SMILES string of the molecule is Cc1ccccc1S(c1ccccc1C)=P([O-])([O-])[S-].Cc1ccccc1S(c1ccccc1C)=P([O-])([O-])[S-].[Zn+2].[Zn+2].[Zn+2]. The second kappa shape index (κ2) is 18.7. The molecule has 4 aromatic rings. The maximum absolute atomic E-state index is 12.1. The minimum absolute atomic E-state index is 0. The third-order valence-corrected chi connectivity index (χ3v) is 17.8. The first-order valence-corrected chi connectivity index (χ1v) is 20.5. The molecule has 0 aliphatic heterocycles. The van der Waals surface area contributed by atoms with Gasteiger partial charge in [0.1, 0.15) is 0 Å². The molecule has 0 heterocycles. The normalized spacial score (nSPS) is 11.0. The molecule has 204 valence electrons. The predicted molar refractivity (Wildman–Crippen MR) is 161 cm³/mol. The van der Waals surface area contributed by atoms with Crippen molar-refractivity contribution in [3.63, 3.8) is 0 Å². The van der Waals surface area contributed by atoms with E-state index in [1.54, 1.807) is 0 Å². The van der Waals surface area contributed by atoms with Gasteiger partial charge in [-0.3, -0.25) is 0 Å². The molecule has 0 atom stereocenters. The van der Waals surface area contributed by atoms with Crippen LogP contribution in [0.15, 0.2) is 117 Å². The standard InChI is InChI=1S/2C14H14O2PS2.3Zn/c2*1-11-7-3-5-9-13(11)19(17(15,16)18)14-10-6-4-8-12(14)2;;;/h2*3-10H,1-2H3;;;/q2*-3;3*+2. The monoisotopic (exact) mass is 810 g/mol. The molecule has 0 spiro atoms. The summed E-state index contributed by atoms with van der Waals surface area (Å²) in [4.78, 5) is 51.6. The van der Waals surface area contributed by atoms with E-state index in [9.17, 15) is 19.6 Å². The summed E-state index contributed by atoms with van der Waals surface area (Å²) in [6, 6.07) is 30.1. The van der Waals surface area contributed by atoms with Gasteiger partial charge in [-0.15, -0.1) is 0 Å². The van der Waals surface area contributed by atoms with Crippen molar-refractivity contribution in [2.24, 2.45) is 0 Å². The Morgan fingerprint density at radius 3 is 0.732 bits per heavy atom. The Bertz CT molecular complexity index is 1340. The third kappa shape index (κ3) is 11.6. The quantitative estimate of drug-likeness (QED) is 0.171. The molecule has 0 fully saturated rings. The van der Waals surface area contributed by atoms with Gasteiger partial charge >= 0.3 is 58.4 Å². The molecule has 0 unspecified atom stereocenters. The van der Waals surface area contributed by atoms with E-state index >= 15 is 0 Å². The second-order valence-electron chi connectivity index (χ2n) is 8.53. The Hall–Kier alpha value is 0.850. The molecule has 0 bridgehead atoms. The van der Waals surface area contributed by atoms with Crippen molar-refractivity contribution < 1.29 is 78.0 Å². The maximum atomic E-state index is 12.1. The van der Waals surface area contributed by atoms with Crippen LogP contribution < -0.4 is 19.6 Å². The molecule has 4 aromatic carbocycles. The maximum Gasteiger partial charge on any atom is 2.00 e. The van der Waals surface area contributed by atoms with Gasteiger partial charge in [-0.1, -0.05) is 72.8 Å². The van der Waals surface area contributed by atoms with Crippen molar-refractivity contribution in [1.82, 2.24) is 0 Å². The number of hydrogen-bond acceptors (Lipinski definition) is 6. The fraction of sp³-hybridized carbons (Fsp3) is 0.143. The van der Waals surface area contributed by atoms with E-state index in [-0.39, 0.29) is 58.4 Å². The number of benzene rings is 4. The van der Waals surface area contributed by atoms with E-state index in [2.05, 4.69) is 0 Å². The summed E-state index contributed by atoms with van der Waals surface area (Å²) < 4.78 is 0. The molecule has 4 rings (SSSR count). The van der Waals surface area contributed by atoms with Crippen LogP contribution in [0.4, 0.5) is 0 Å². The molecule has 0 aliphatic carbocycles. The second-order valence-corrected chi connectivity index (χ2v) is 22.6. The first-order valence-electron chi connectivity index (χ1n) is 11.6. The molecule has 0 saturated heterocycles. The van der Waals surface area contributed by atoms with E-state index in [0.29, 0.717) is 0 Å². The number of rotatable bonds is 4. The van der Waals surface area contributed by atoms with Crippen molar-refractivity contribution in [2.75, 3.05) is 0 Å². The molecule has 0 aromatic heterocycles. The molecular weight excluding hydrogens is 787 g/mol. The fourth-order valence-electron chi connectivity index (χ4n) is 3.81. The van der Waals surface area contributed by atoms with Crippen LogP contribution >= 0.6 is 11.4 Å². The predicted octanol–water partition coefficient (Wildman–Crippen LogP) is 4.56. The van der Waals surface area contributed by atoms with Crippen molar-refractivity contribution >= 4 is 56.0 Å². The topological polar surface area (TPSA) is 92.2 Å². The van der Waals surface area contributed by atoms with Gasteiger partial charge < -0.3 is 55.5 Å². The van der Waals surface area contributed by atoms with E-state index in [4.69, 9.17) is 24.5 Å². The molecule has 0 radical (unpaired) electrons. The van der Waals surface area contributed by atoms with E-state index < -0.39 is 31.5 Å². The summed E-state index contributed by atoms with van der Waals surface area (Å²) in [7, 11) is -2.15. The molecule has 0 aliphatic rings. The first-order chi connectivity index (χ1) is 17.8. The zero-order valence-electron chi connectivity index (χ0n) is 23.5. The minimum atomic E-state index is -3.91. The van der Waals surface area contributed by atoms with Crippen molar-refractivity contribution in [3.05, 3.63) is 119 Å². The molecule has 0 N–H and O–H groups in total. The molecular formula is C28H28O4P2S4Zn3. The smallest absolute Gasteiger partial charge is 0.853 e. The van der Waals surface area contributed by atoms with Gasteiger partial charge in [0, 0.05) is 19.6 Å². The Morgan fingerprint density at radius 1 is 0.415 bits per heavy atom. The zero-order valence-corrected chi connectivity index (χ0v) is 37.5. The summed E-state index contributed by atoms with van der Waals surface area (Å²) in [5, 5.41) is 0. The molecule has 0 amide bonds.